The van der Waals surface area contributed by atoms with Gasteiger partial charge < -0.3 is 9.84 Å². The Morgan fingerprint density at radius 2 is 2.17 bits per heavy atom. The fourth-order valence-electron chi connectivity index (χ4n) is 2.32. The van der Waals surface area contributed by atoms with Gasteiger partial charge in [0, 0.05) is 19.1 Å². The Bertz CT molecular complexity index is 369. The maximum Gasteiger partial charge on any atom is 0.123 e. The molecule has 0 saturated carbocycles. The maximum absolute atomic E-state index is 12.8. The number of hydrogen-bond donors (Lipinski definition) is 1. The number of halogens is 1. The van der Waals surface area contributed by atoms with Crippen molar-refractivity contribution >= 4 is 0 Å². The maximum atomic E-state index is 12.8. The number of aliphatic hydroxyl groups is 1. The number of morpholine rings is 1. The number of rotatable bonds is 4. The number of hydrogen-bond acceptors (Lipinski definition) is 3. The fraction of sp³-hybridized carbons (Fsp3) is 0.571. The molecule has 1 saturated heterocycles. The molecule has 1 aromatic carbocycles. The third-order valence-electron chi connectivity index (χ3n) is 3.48. The molecule has 1 fully saturated rings. The van der Waals surface area contributed by atoms with Gasteiger partial charge in [0.05, 0.1) is 19.3 Å². The predicted molar refractivity (Wildman–Crippen MR) is 67.8 cm³/mol. The summed E-state index contributed by atoms with van der Waals surface area (Å²) in [4.78, 5) is 2.25. The highest BCUT2D eigenvalue weighted by atomic mass is 19.1. The zero-order chi connectivity index (χ0) is 13.0. The lowest BCUT2D eigenvalue weighted by atomic mass is 10.1. The zero-order valence-electron chi connectivity index (χ0n) is 10.7. The van der Waals surface area contributed by atoms with E-state index in [0.29, 0.717) is 19.2 Å². The van der Waals surface area contributed by atoms with Crippen LogP contribution in [-0.2, 0) is 4.74 Å². The molecule has 0 bridgehead atoms. The zero-order valence-corrected chi connectivity index (χ0v) is 10.7. The highest BCUT2D eigenvalue weighted by molar-refractivity contribution is 5.18. The number of ether oxygens (including phenoxy) is 1. The van der Waals surface area contributed by atoms with Gasteiger partial charge in [-0.05, 0) is 24.1 Å². The number of β-amino-alcohol motifs (C(OH)–C–C–N with tert-alkyl or cyclic N) is 1. The van der Waals surface area contributed by atoms with Crippen LogP contribution in [0.3, 0.4) is 0 Å². The van der Waals surface area contributed by atoms with Crippen molar-refractivity contribution < 1.29 is 14.2 Å². The van der Waals surface area contributed by atoms with Crippen LogP contribution in [0.4, 0.5) is 4.39 Å². The van der Waals surface area contributed by atoms with Gasteiger partial charge in [-0.25, -0.2) is 4.39 Å². The third kappa shape index (κ3) is 3.28. The highest BCUT2D eigenvalue weighted by Gasteiger charge is 2.23. The van der Waals surface area contributed by atoms with Crippen LogP contribution in [0.5, 0.6) is 0 Å². The molecular formula is C14H20FNO2. The summed E-state index contributed by atoms with van der Waals surface area (Å²) in [6, 6.07) is 6.42. The molecule has 2 atom stereocenters. The van der Waals surface area contributed by atoms with Crippen molar-refractivity contribution in [3.63, 3.8) is 0 Å². The third-order valence-corrected chi connectivity index (χ3v) is 3.48. The predicted octanol–water partition coefficient (Wildman–Crippen LogP) is 1.97. The molecule has 2 rings (SSSR count). The summed E-state index contributed by atoms with van der Waals surface area (Å²) in [6.07, 6.45) is 0.439. The van der Waals surface area contributed by atoms with Crippen molar-refractivity contribution in [1.29, 1.82) is 0 Å². The molecule has 0 spiro atoms. The molecule has 1 N–H and O–H groups in total. The molecule has 0 amide bonds. The second-order valence-corrected chi connectivity index (χ2v) is 4.70. The summed E-state index contributed by atoms with van der Waals surface area (Å²) in [5, 5.41) is 10.2. The first-order chi connectivity index (χ1) is 8.70. The quantitative estimate of drug-likeness (QED) is 0.890. The van der Waals surface area contributed by atoms with Crippen molar-refractivity contribution in [2.24, 2.45) is 0 Å². The van der Waals surface area contributed by atoms with Crippen molar-refractivity contribution in [3.05, 3.63) is 35.6 Å². The van der Waals surface area contributed by atoms with Gasteiger partial charge in [0.1, 0.15) is 5.82 Å². The normalized spacial score (nSPS) is 22.9. The van der Waals surface area contributed by atoms with E-state index < -0.39 is 6.10 Å². The SMILES string of the molecule is CCC1COCCN1CC(O)c1ccc(F)cc1. The molecule has 18 heavy (non-hydrogen) atoms. The minimum Gasteiger partial charge on any atom is -0.387 e. The second kappa shape index (κ2) is 6.27. The first kappa shape index (κ1) is 13.5. The van der Waals surface area contributed by atoms with Crippen LogP contribution >= 0.6 is 0 Å². The van der Waals surface area contributed by atoms with E-state index in [-0.39, 0.29) is 5.82 Å². The lowest BCUT2D eigenvalue weighted by Gasteiger charge is -2.36. The van der Waals surface area contributed by atoms with Gasteiger partial charge in [-0.2, -0.15) is 0 Å². The minimum absolute atomic E-state index is 0.274. The average molecular weight is 253 g/mol. The van der Waals surface area contributed by atoms with E-state index in [1.807, 2.05) is 0 Å². The van der Waals surface area contributed by atoms with Crippen molar-refractivity contribution in [3.8, 4) is 0 Å². The van der Waals surface area contributed by atoms with E-state index in [2.05, 4.69) is 11.8 Å². The van der Waals surface area contributed by atoms with Crippen LogP contribution in [0.25, 0.3) is 0 Å². The molecule has 3 nitrogen and oxygen atoms in total. The molecule has 100 valence electrons. The lowest BCUT2D eigenvalue weighted by molar-refractivity contribution is -0.0277. The lowest BCUT2D eigenvalue weighted by Crippen LogP contribution is -2.46. The Morgan fingerprint density at radius 1 is 1.44 bits per heavy atom. The Balaban J connectivity index is 1.97. The molecule has 1 heterocycles. The van der Waals surface area contributed by atoms with Gasteiger partial charge in [0.15, 0.2) is 0 Å². The van der Waals surface area contributed by atoms with Crippen LogP contribution in [0, 0.1) is 5.82 Å². The molecule has 2 unspecified atom stereocenters. The minimum atomic E-state index is -0.572. The Hall–Kier alpha value is -0.970. The van der Waals surface area contributed by atoms with E-state index in [9.17, 15) is 9.50 Å². The van der Waals surface area contributed by atoms with Gasteiger partial charge in [-0.3, -0.25) is 4.90 Å². The van der Waals surface area contributed by atoms with Gasteiger partial charge in [-0.15, -0.1) is 0 Å². The average Bonchev–Trinajstić information content (AvgIpc) is 2.40. The summed E-state index contributed by atoms with van der Waals surface area (Å²) in [5.74, 6) is -0.274. The Kier molecular flexibility index (Phi) is 4.69. The second-order valence-electron chi connectivity index (χ2n) is 4.70. The van der Waals surface area contributed by atoms with Crippen molar-refractivity contribution in [2.45, 2.75) is 25.5 Å². The summed E-state index contributed by atoms with van der Waals surface area (Å²) >= 11 is 0. The van der Waals surface area contributed by atoms with Crippen LogP contribution < -0.4 is 0 Å². The van der Waals surface area contributed by atoms with Crippen LogP contribution in [0.15, 0.2) is 24.3 Å². The monoisotopic (exact) mass is 253 g/mol. The summed E-state index contributed by atoms with van der Waals surface area (Å²) in [5.41, 5.74) is 0.762. The molecule has 4 heteroatoms. The van der Waals surface area contributed by atoms with Gasteiger partial charge in [0.25, 0.3) is 0 Å². The van der Waals surface area contributed by atoms with E-state index >= 15 is 0 Å². The standard InChI is InChI=1S/C14H20FNO2/c1-2-13-10-18-8-7-16(13)9-14(17)11-3-5-12(15)6-4-11/h3-6,13-14,17H,2,7-10H2,1H3. The summed E-state index contributed by atoms with van der Waals surface area (Å²) in [7, 11) is 0. The van der Waals surface area contributed by atoms with Gasteiger partial charge in [0.2, 0.25) is 0 Å². The molecule has 1 aromatic rings. The Labute approximate surface area is 107 Å². The summed E-state index contributed by atoms with van der Waals surface area (Å²) in [6.45, 7) is 4.99. The molecule has 1 aliphatic heterocycles. The number of aliphatic hydroxyl groups excluding tert-OH is 1. The van der Waals surface area contributed by atoms with Gasteiger partial charge in [-0.1, -0.05) is 19.1 Å². The van der Waals surface area contributed by atoms with Crippen molar-refractivity contribution in [1.82, 2.24) is 4.90 Å². The largest absolute Gasteiger partial charge is 0.387 e. The molecule has 0 aliphatic carbocycles. The molecule has 1 aliphatic rings. The van der Waals surface area contributed by atoms with E-state index in [1.54, 1.807) is 12.1 Å². The highest BCUT2D eigenvalue weighted by Crippen LogP contribution is 2.18. The van der Waals surface area contributed by atoms with Gasteiger partial charge >= 0.3 is 0 Å². The number of nitrogens with zero attached hydrogens (tertiary/aromatic N) is 1. The topological polar surface area (TPSA) is 32.7 Å². The van der Waals surface area contributed by atoms with Crippen molar-refractivity contribution in [2.75, 3.05) is 26.3 Å². The number of benzene rings is 1. The smallest absolute Gasteiger partial charge is 0.123 e. The van der Waals surface area contributed by atoms with Crippen LogP contribution in [0.1, 0.15) is 25.0 Å². The van der Waals surface area contributed by atoms with E-state index in [1.165, 1.54) is 12.1 Å². The first-order valence-electron chi connectivity index (χ1n) is 6.46. The molecule has 0 aromatic heterocycles. The molecule has 0 radical (unpaired) electrons. The first-order valence-corrected chi connectivity index (χ1v) is 6.46. The molecular weight excluding hydrogens is 233 g/mol. The Morgan fingerprint density at radius 3 is 2.83 bits per heavy atom. The van der Waals surface area contributed by atoms with E-state index in [4.69, 9.17) is 4.74 Å². The van der Waals surface area contributed by atoms with Crippen LogP contribution in [0.2, 0.25) is 0 Å². The fourth-order valence-corrected chi connectivity index (χ4v) is 2.32. The van der Waals surface area contributed by atoms with E-state index in [0.717, 1.165) is 25.1 Å². The summed E-state index contributed by atoms with van der Waals surface area (Å²) < 4.78 is 18.3. The van der Waals surface area contributed by atoms with Crippen LogP contribution in [-0.4, -0.2) is 42.4 Å².